The number of hydrogen-bond donors (Lipinski definition) is 0. The molecule has 1 saturated carbocycles. The maximum atomic E-state index is 11.0. The topological polar surface area (TPSA) is 17.1 Å². The quantitative estimate of drug-likeness (QED) is 0.469. The van der Waals surface area contributed by atoms with E-state index in [0.29, 0.717) is 5.92 Å². The Morgan fingerprint density at radius 3 is 2.08 bits per heavy atom. The lowest BCUT2D eigenvalue weighted by Crippen LogP contribution is -1.99. The molecule has 0 atom stereocenters. The second-order valence-corrected chi connectivity index (χ2v) is 4.16. The second kappa shape index (κ2) is 5.21. The Kier molecular flexibility index (Phi) is 4.20. The van der Waals surface area contributed by atoms with Crippen molar-refractivity contribution in [3.63, 3.8) is 0 Å². The van der Waals surface area contributed by atoms with E-state index in [4.69, 9.17) is 0 Å². The molecule has 0 unspecified atom stereocenters. The van der Waals surface area contributed by atoms with Crippen LogP contribution in [0.1, 0.15) is 52.4 Å². The molecule has 0 spiro atoms. The van der Waals surface area contributed by atoms with E-state index in [1.807, 2.05) is 6.92 Å². The molecule has 0 N–H and O–H groups in total. The largest absolute Gasteiger partial charge is 0.295 e. The molecule has 0 aromatic rings. The van der Waals surface area contributed by atoms with Crippen LogP contribution in [0, 0.1) is 5.92 Å². The van der Waals surface area contributed by atoms with E-state index in [-0.39, 0.29) is 5.78 Å². The monoisotopic (exact) mass is 180 g/mol. The highest BCUT2D eigenvalue weighted by Crippen LogP contribution is 2.24. The van der Waals surface area contributed by atoms with Gasteiger partial charge in [-0.25, -0.2) is 0 Å². The Morgan fingerprint density at radius 1 is 1.08 bits per heavy atom. The minimum atomic E-state index is 0.226. The third-order valence-corrected chi connectivity index (χ3v) is 2.94. The van der Waals surface area contributed by atoms with Crippen LogP contribution in [-0.4, -0.2) is 5.78 Å². The predicted molar refractivity (Wildman–Crippen MR) is 55.6 cm³/mol. The number of carbonyl (C=O) groups is 1. The molecule has 74 valence electrons. The molecule has 0 aliphatic heterocycles. The zero-order chi connectivity index (χ0) is 9.68. The van der Waals surface area contributed by atoms with Crippen LogP contribution < -0.4 is 0 Å². The predicted octanol–water partition coefficient (Wildman–Crippen LogP) is 3.49. The molecule has 0 aromatic heterocycles. The molecule has 1 rings (SSSR count). The Balaban J connectivity index is 2.50. The summed E-state index contributed by atoms with van der Waals surface area (Å²) in [6, 6.07) is 0. The van der Waals surface area contributed by atoms with Gasteiger partial charge in [-0.3, -0.25) is 4.79 Å². The molecule has 0 saturated heterocycles. The first-order valence-electron chi connectivity index (χ1n) is 5.39. The van der Waals surface area contributed by atoms with Crippen molar-refractivity contribution in [1.82, 2.24) is 0 Å². The van der Waals surface area contributed by atoms with E-state index in [2.05, 4.69) is 6.08 Å². The minimum absolute atomic E-state index is 0.226. The molecule has 0 aromatic carbocycles. The van der Waals surface area contributed by atoms with Crippen LogP contribution in [0.4, 0.5) is 0 Å². The highest BCUT2D eigenvalue weighted by molar-refractivity contribution is 5.92. The molecule has 1 nitrogen and oxygen atoms in total. The van der Waals surface area contributed by atoms with Crippen molar-refractivity contribution >= 4 is 5.78 Å². The maximum absolute atomic E-state index is 11.0. The third-order valence-electron chi connectivity index (χ3n) is 2.94. The Bertz CT molecular complexity index is 195. The molecule has 13 heavy (non-hydrogen) atoms. The fourth-order valence-corrected chi connectivity index (χ4v) is 1.95. The van der Waals surface area contributed by atoms with E-state index < -0.39 is 0 Å². The van der Waals surface area contributed by atoms with Crippen LogP contribution in [0.3, 0.4) is 0 Å². The first kappa shape index (κ1) is 10.5. The van der Waals surface area contributed by atoms with E-state index in [0.717, 1.165) is 5.57 Å². The van der Waals surface area contributed by atoms with Crippen LogP contribution in [0.2, 0.25) is 0 Å². The van der Waals surface area contributed by atoms with Crippen molar-refractivity contribution in [3.05, 3.63) is 11.6 Å². The first-order chi connectivity index (χ1) is 6.20. The summed E-state index contributed by atoms with van der Waals surface area (Å²) in [6.07, 6.45) is 10.2. The van der Waals surface area contributed by atoms with Crippen LogP contribution in [-0.2, 0) is 4.79 Å². The van der Waals surface area contributed by atoms with Crippen molar-refractivity contribution < 1.29 is 4.79 Å². The molecular weight excluding hydrogens is 160 g/mol. The standard InChI is InChI=1S/C12H20O/c1-10(11(2)13)9-12-7-5-3-4-6-8-12/h9,12H,3-8H2,1-2H3. The molecule has 0 radical (unpaired) electrons. The van der Waals surface area contributed by atoms with Gasteiger partial charge in [0, 0.05) is 0 Å². The maximum Gasteiger partial charge on any atom is 0.155 e. The molecule has 0 heterocycles. The van der Waals surface area contributed by atoms with Crippen LogP contribution in [0.15, 0.2) is 11.6 Å². The van der Waals surface area contributed by atoms with Crippen molar-refractivity contribution in [3.8, 4) is 0 Å². The molecule has 0 bridgehead atoms. The first-order valence-corrected chi connectivity index (χ1v) is 5.39. The highest BCUT2D eigenvalue weighted by atomic mass is 16.1. The smallest absolute Gasteiger partial charge is 0.155 e. The second-order valence-electron chi connectivity index (χ2n) is 4.16. The lowest BCUT2D eigenvalue weighted by molar-refractivity contribution is -0.113. The average molecular weight is 180 g/mol. The number of carbonyl (C=O) groups excluding carboxylic acids is 1. The van der Waals surface area contributed by atoms with E-state index in [1.165, 1.54) is 38.5 Å². The number of rotatable bonds is 2. The van der Waals surface area contributed by atoms with Crippen molar-refractivity contribution in [2.45, 2.75) is 52.4 Å². The van der Waals surface area contributed by atoms with Gasteiger partial charge in [-0.15, -0.1) is 0 Å². The van der Waals surface area contributed by atoms with Gasteiger partial charge in [0.15, 0.2) is 5.78 Å². The van der Waals surface area contributed by atoms with Crippen LogP contribution in [0.25, 0.3) is 0 Å². The third kappa shape index (κ3) is 3.75. The number of Topliss-reactive ketones (excluding diaryl/α,β-unsaturated/α-hetero) is 1. The number of ketones is 1. The number of hydrogen-bond acceptors (Lipinski definition) is 1. The van der Waals surface area contributed by atoms with Crippen molar-refractivity contribution in [2.75, 3.05) is 0 Å². The SMILES string of the molecule is CC(=O)C(C)=CC1CCCCCC1. The molecular formula is C12H20O. The van der Waals surface area contributed by atoms with E-state index in [9.17, 15) is 4.79 Å². The van der Waals surface area contributed by atoms with Gasteiger partial charge in [0.25, 0.3) is 0 Å². The normalized spacial score (nSPS) is 21.2. The molecule has 1 fully saturated rings. The fraction of sp³-hybridized carbons (Fsp3) is 0.750. The molecule has 1 aliphatic carbocycles. The van der Waals surface area contributed by atoms with Gasteiger partial charge >= 0.3 is 0 Å². The number of allylic oxidation sites excluding steroid dienone is 2. The summed E-state index contributed by atoms with van der Waals surface area (Å²) in [6.45, 7) is 3.59. The van der Waals surface area contributed by atoms with Gasteiger partial charge in [0.2, 0.25) is 0 Å². The zero-order valence-corrected chi connectivity index (χ0v) is 8.81. The average Bonchev–Trinajstić information content (AvgIpc) is 2.32. The molecule has 0 amide bonds. The van der Waals surface area contributed by atoms with Crippen LogP contribution in [0.5, 0.6) is 0 Å². The van der Waals surface area contributed by atoms with Gasteiger partial charge in [-0.05, 0) is 38.2 Å². The summed E-state index contributed by atoms with van der Waals surface area (Å²) >= 11 is 0. The Hall–Kier alpha value is -0.590. The van der Waals surface area contributed by atoms with Gasteiger partial charge < -0.3 is 0 Å². The van der Waals surface area contributed by atoms with Gasteiger partial charge in [0.1, 0.15) is 0 Å². The Labute approximate surface area is 81.2 Å². The summed E-state index contributed by atoms with van der Waals surface area (Å²) in [5.41, 5.74) is 0.951. The molecule has 1 heteroatoms. The van der Waals surface area contributed by atoms with E-state index in [1.54, 1.807) is 6.92 Å². The zero-order valence-electron chi connectivity index (χ0n) is 8.81. The minimum Gasteiger partial charge on any atom is -0.295 e. The summed E-state index contributed by atoms with van der Waals surface area (Å²) in [7, 11) is 0. The summed E-state index contributed by atoms with van der Waals surface area (Å²) in [4.78, 5) is 11.0. The summed E-state index contributed by atoms with van der Waals surface area (Å²) in [5.74, 6) is 0.899. The lowest BCUT2D eigenvalue weighted by atomic mass is 9.97. The highest BCUT2D eigenvalue weighted by Gasteiger charge is 2.10. The lowest BCUT2D eigenvalue weighted by Gasteiger charge is -2.08. The summed E-state index contributed by atoms with van der Waals surface area (Å²) < 4.78 is 0. The van der Waals surface area contributed by atoms with Gasteiger partial charge in [0.05, 0.1) is 0 Å². The van der Waals surface area contributed by atoms with Crippen LogP contribution >= 0.6 is 0 Å². The van der Waals surface area contributed by atoms with E-state index >= 15 is 0 Å². The van der Waals surface area contributed by atoms with Gasteiger partial charge in [-0.2, -0.15) is 0 Å². The Morgan fingerprint density at radius 2 is 1.62 bits per heavy atom. The van der Waals surface area contributed by atoms with Crippen molar-refractivity contribution in [2.24, 2.45) is 5.92 Å². The van der Waals surface area contributed by atoms with Crippen molar-refractivity contribution in [1.29, 1.82) is 0 Å². The fourth-order valence-electron chi connectivity index (χ4n) is 1.95. The molecule has 1 aliphatic rings. The summed E-state index contributed by atoms with van der Waals surface area (Å²) in [5, 5.41) is 0. The van der Waals surface area contributed by atoms with Gasteiger partial charge in [-0.1, -0.05) is 31.8 Å².